The van der Waals surface area contributed by atoms with Crippen molar-refractivity contribution in [1.29, 1.82) is 0 Å². The van der Waals surface area contributed by atoms with Gasteiger partial charge in [0.1, 0.15) is 5.76 Å². The molecule has 1 aromatic rings. The Morgan fingerprint density at radius 2 is 1.83 bits per heavy atom. The third-order valence-corrected chi connectivity index (χ3v) is 5.02. The zero-order valence-corrected chi connectivity index (χ0v) is 14.3. The van der Waals surface area contributed by atoms with Crippen molar-refractivity contribution in [3.05, 3.63) is 17.5 Å². The Labute approximate surface area is 138 Å². The summed E-state index contributed by atoms with van der Waals surface area (Å²) in [5.74, 6) is 1.93. The molecule has 0 spiro atoms. The smallest absolute Gasteiger partial charge is 0.236 e. The van der Waals surface area contributed by atoms with Gasteiger partial charge in [0.2, 0.25) is 5.91 Å². The van der Waals surface area contributed by atoms with Gasteiger partial charge >= 0.3 is 0 Å². The SMILES string of the molecule is Cc1cc(CN2CCN(CC(=O)N3CCC(C)CC3)CC2)no1. The van der Waals surface area contributed by atoms with Crippen molar-refractivity contribution in [2.75, 3.05) is 45.8 Å². The Morgan fingerprint density at radius 3 is 2.43 bits per heavy atom. The van der Waals surface area contributed by atoms with Crippen LogP contribution in [-0.4, -0.2) is 71.6 Å². The van der Waals surface area contributed by atoms with Crippen molar-refractivity contribution in [3.8, 4) is 0 Å². The molecular formula is C17H28N4O2. The van der Waals surface area contributed by atoms with Gasteiger partial charge in [-0.25, -0.2) is 0 Å². The monoisotopic (exact) mass is 320 g/mol. The molecule has 3 heterocycles. The van der Waals surface area contributed by atoms with E-state index >= 15 is 0 Å². The van der Waals surface area contributed by atoms with Gasteiger partial charge in [0.05, 0.1) is 12.2 Å². The fourth-order valence-corrected chi connectivity index (χ4v) is 3.38. The number of carbonyl (C=O) groups is 1. The zero-order chi connectivity index (χ0) is 16.2. The first-order valence-electron chi connectivity index (χ1n) is 8.75. The molecule has 0 N–H and O–H groups in total. The average Bonchev–Trinajstić information content (AvgIpc) is 2.95. The van der Waals surface area contributed by atoms with Crippen LogP contribution in [0.3, 0.4) is 0 Å². The second kappa shape index (κ2) is 7.45. The van der Waals surface area contributed by atoms with Crippen molar-refractivity contribution in [2.24, 2.45) is 5.92 Å². The summed E-state index contributed by atoms with van der Waals surface area (Å²) < 4.78 is 5.12. The van der Waals surface area contributed by atoms with Crippen LogP contribution in [0.25, 0.3) is 0 Å². The first kappa shape index (κ1) is 16.5. The molecule has 1 aromatic heterocycles. The van der Waals surface area contributed by atoms with Gasteiger partial charge in [0, 0.05) is 51.9 Å². The highest BCUT2D eigenvalue weighted by Crippen LogP contribution is 2.16. The lowest BCUT2D eigenvalue weighted by molar-refractivity contribution is -0.134. The highest BCUT2D eigenvalue weighted by atomic mass is 16.5. The predicted octanol–water partition coefficient (Wildman–Crippen LogP) is 1.36. The number of aryl methyl sites for hydroxylation is 1. The summed E-state index contributed by atoms with van der Waals surface area (Å²) in [4.78, 5) is 19.1. The van der Waals surface area contributed by atoms with Gasteiger partial charge in [-0.3, -0.25) is 14.6 Å². The highest BCUT2D eigenvalue weighted by Gasteiger charge is 2.24. The second-order valence-corrected chi connectivity index (χ2v) is 7.04. The molecule has 1 amide bonds. The van der Waals surface area contributed by atoms with E-state index in [1.807, 2.05) is 17.9 Å². The summed E-state index contributed by atoms with van der Waals surface area (Å²) >= 11 is 0. The molecule has 0 aliphatic carbocycles. The highest BCUT2D eigenvalue weighted by molar-refractivity contribution is 5.78. The Kier molecular flexibility index (Phi) is 5.33. The maximum Gasteiger partial charge on any atom is 0.236 e. The van der Waals surface area contributed by atoms with Crippen molar-refractivity contribution in [3.63, 3.8) is 0 Å². The number of hydrogen-bond donors (Lipinski definition) is 0. The quantitative estimate of drug-likeness (QED) is 0.838. The van der Waals surface area contributed by atoms with Gasteiger partial charge in [-0.1, -0.05) is 12.1 Å². The first-order chi connectivity index (χ1) is 11.1. The van der Waals surface area contributed by atoms with Crippen molar-refractivity contribution in [1.82, 2.24) is 19.9 Å². The summed E-state index contributed by atoms with van der Waals surface area (Å²) in [7, 11) is 0. The molecule has 2 aliphatic rings. The molecule has 0 atom stereocenters. The van der Waals surface area contributed by atoms with E-state index in [4.69, 9.17) is 4.52 Å². The number of likely N-dealkylation sites (tertiary alicyclic amines) is 1. The third kappa shape index (κ3) is 4.54. The van der Waals surface area contributed by atoms with E-state index in [1.165, 1.54) is 0 Å². The van der Waals surface area contributed by atoms with E-state index in [-0.39, 0.29) is 0 Å². The fourth-order valence-electron chi connectivity index (χ4n) is 3.38. The molecule has 0 radical (unpaired) electrons. The van der Waals surface area contributed by atoms with Gasteiger partial charge in [-0.15, -0.1) is 0 Å². The molecule has 0 bridgehead atoms. The average molecular weight is 320 g/mol. The second-order valence-electron chi connectivity index (χ2n) is 7.04. The van der Waals surface area contributed by atoms with Gasteiger partial charge in [0.25, 0.3) is 0 Å². The van der Waals surface area contributed by atoms with Crippen LogP contribution in [0.5, 0.6) is 0 Å². The Hall–Kier alpha value is -1.40. The van der Waals surface area contributed by atoms with Crippen molar-refractivity contribution >= 4 is 5.91 Å². The van der Waals surface area contributed by atoms with E-state index < -0.39 is 0 Å². The van der Waals surface area contributed by atoms with Crippen LogP contribution in [0.15, 0.2) is 10.6 Å². The number of hydrogen-bond acceptors (Lipinski definition) is 5. The van der Waals surface area contributed by atoms with Crippen LogP contribution < -0.4 is 0 Å². The largest absolute Gasteiger partial charge is 0.361 e. The molecule has 23 heavy (non-hydrogen) atoms. The Morgan fingerprint density at radius 1 is 1.17 bits per heavy atom. The van der Waals surface area contributed by atoms with Gasteiger partial charge < -0.3 is 9.42 Å². The molecule has 0 saturated carbocycles. The van der Waals surface area contributed by atoms with Crippen LogP contribution >= 0.6 is 0 Å². The minimum absolute atomic E-state index is 0.303. The van der Waals surface area contributed by atoms with Gasteiger partial charge in [-0.05, 0) is 25.7 Å². The van der Waals surface area contributed by atoms with E-state index in [1.54, 1.807) is 0 Å². The molecule has 128 valence electrons. The number of amides is 1. The number of nitrogens with zero attached hydrogens (tertiary/aromatic N) is 4. The van der Waals surface area contributed by atoms with E-state index in [0.717, 1.165) is 76.0 Å². The van der Waals surface area contributed by atoms with E-state index in [2.05, 4.69) is 21.9 Å². The van der Waals surface area contributed by atoms with E-state index in [9.17, 15) is 4.79 Å². The molecule has 0 unspecified atom stereocenters. The summed E-state index contributed by atoms with van der Waals surface area (Å²) in [6, 6.07) is 1.99. The summed E-state index contributed by atoms with van der Waals surface area (Å²) in [6.45, 7) is 11.3. The number of rotatable bonds is 4. The fraction of sp³-hybridized carbons (Fsp3) is 0.765. The third-order valence-electron chi connectivity index (χ3n) is 5.02. The number of piperazine rings is 1. The molecule has 2 fully saturated rings. The van der Waals surface area contributed by atoms with Gasteiger partial charge in [0.15, 0.2) is 0 Å². The van der Waals surface area contributed by atoms with Gasteiger partial charge in [-0.2, -0.15) is 0 Å². The summed E-state index contributed by atoms with van der Waals surface area (Å²) in [5.41, 5.74) is 0.995. The van der Waals surface area contributed by atoms with Crippen LogP contribution in [0, 0.1) is 12.8 Å². The number of carbonyl (C=O) groups excluding carboxylic acids is 1. The molecule has 6 nitrogen and oxygen atoms in total. The topological polar surface area (TPSA) is 52.8 Å². The lowest BCUT2D eigenvalue weighted by atomic mass is 9.99. The normalized spacial score (nSPS) is 21.7. The minimum Gasteiger partial charge on any atom is -0.361 e. The van der Waals surface area contributed by atoms with E-state index in [0.29, 0.717) is 12.5 Å². The maximum atomic E-state index is 12.4. The Bertz CT molecular complexity index is 514. The molecule has 2 aliphatic heterocycles. The number of piperidine rings is 1. The molecule has 0 aromatic carbocycles. The first-order valence-corrected chi connectivity index (χ1v) is 8.75. The predicted molar refractivity (Wildman–Crippen MR) is 87.9 cm³/mol. The lowest BCUT2D eigenvalue weighted by Gasteiger charge is -2.36. The van der Waals surface area contributed by atoms with Crippen molar-refractivity contribution < 1.29 is 9.32 Å². The van der Waals surface area contributed by atoms with Crippen LogP contribution in [-0.2, 0) is 11.3 Å². The molecular weight excluding hydrogens is 292 g/mol. The summed E-state index contributed by atoms with van der Waals surface area (Å²) in [5, 5.41) is 4.05. The van der Waals surface area contributed by atoms with Crippen LogP contribution in [0.2, 0.25) is 0 Å². The minimum atomic E-state index is 0.303. The standard InChI is InChI=1S/C17H28N4O2/c1-14-3-5-21(6-4-14)17(22)13-20-9-7-19(8-10-20)12-16-11-15(2)23-18-16/h11,14H,3-10,12-13H2,1-2H3. The lowest BCUT2D eigenvalue weighted by Crippen LogP contribution is -2.50. The molecule has 6 heteroatoms. The maximum absolute atomic E-state index is 12.4. The van der Waals surface area contributed by atoms with Crippen molar-refractivity contribution in [2.45, 2.75) is 33.2 Å². The Balaban J connectivity index is 1.39. The summed E-state index contributed by atoms with van der Waals surface area (Å²) in [6.07, 6.45) is 2.30. The van der Waals surface area contributed by atoms with Crippen LogP contribution in [0.4, 0.5) is 0 Å². The molecule has 3 rings (SSSR count). The number of aromatic nitrogens is 1. The molecule has 2 saturated heterocycles. The zero-order valence-electron chi connectivity index (χ0n) is 14.3. The van der Waals surface area contributed by atoms with Crippen LogP contribution in [0.1, 0.15) is 31.2 Å².